The Bertz CT molecular complexity index is 1050. The number of fused-ring (bicyclic) bond motifs is 1. The van der Waals surface area contributed by atoms with Crippen LogP contribution in [0.15, 0.2) is 42.5 Å². The molecule has 1 amide bonds. The number of nitrogens with zero attached hydrogens (tertiary/aromatic N) is 2. The van der Waals surface area contributed by atoms with Gasteiger partial charge in [-0.15, -0.1) is 11.3 Å². The van der Waals surface area contributed by atoms with Gasteiger partial charge in [-0.2, -0.15) is 13.2 Å². The summed E-state index contributed by atoms with van der Waals surface area (Å²) in [6, 6.07) is 9.83. The van der Waals surface area contributed by atoms with E-state index in [4.69, 9.17) is 4.74 Å². The Balaban J connectivity index is 1.42. The number of hydrogen-bond donors (Lipinski definition) is 2. The predicted octanol–water partition coefficient (Wildman–Crippen LogP) is 3.97. The smallest absolute Gasteiger partial charge is 0.378 e. The lowest BCUT2D eigenvalue weighted by molar-refractivity contribution is -0.384. The molecule has 0 aliphatic heterocycles. The third-order valence-electron chi connectivity index (χ3n) is 4.08. The van der Waals surface area contributed by atoms with E-state index in [1.54, 1.807) is 0 Å². The number of thiazole rings is 1. The van der Waals surface area contributed by atoms with Gasteiger partial charge in [-0.05, 0) is 24.3 Å². The van der Waals surface area contributed by atoms with Crippen molar-refractivity contribution in [1.82, 2.24) is 10.3 Å². The number of rotatable bonds is 9. The van der Waals surface area contributed by atoms with Gasteiger partial charge in [0.1, 0.15) is 17.3 Å². The fourth-order valence-corrected chi connectivity index (χ4v) is 3.58. The lowest BCUT2D eigenvalue weighted by Gasteiger charge is -2.11. The summed E-state index contributed by atoms with van der Waals surface area (Å²) in [5.74, 6) is -0.398. The van der Waals surface area contributed by atoms with Gasteiger partial charge in [0.05, 0.1) is 27.3 Å². The number of para-hydroxylation sites is 1. The second-order valence-corrected chi connectivity index (χ2v) is 7.45. The number of carbonyl (C=O) groups is 1. The van der Waals surface area contributed by atoms with Crippen LogP contribution in [0.5, 0.6) is 0 Å². The number of halogens is 3. The number of ether oxygens (including phenoxy) is 1. The van der Waals surface area contributed by atoms with E-state index in [-0.39, 0.29) is 32.0 Å². The molecule has 3 rings (SSSR count). The fraction of sp³-hybridized carbons (Fsp3) is 0.263. The lowest BCUT2D eigenvalue weighted by atomic mass is 10.1. The minimum Gasteiger partial charge on any atom is -0.378 e. The SMILES string of the molecule is O=C(COCc1nc2ccccc2s1)NCCNc1ccc(C(F)(F)F)cc1[N+](=O)[O-]. The minimum atomic E-state index is -4.68. The molecule has 0 bridgehead atoms. The Morgan fingerprint density at radius 1 is 1.19 bits per heavy atom. The molecule has 3 aromatic rings. The van der Waals surface area contributed by atoms with E-state index in [1.807, 2.05) is 24.3 Å². The molecule has 0 aliphatic carbocycles. The highest BCUT2D eigenvalue weighted by molar-refractivity contribution is 7.18. The van der Waals surface area contributed by atoms with E-state index in [2.05, 4.69) is 15.6 Å². The average molecular weight is 454 g/mol. The molecule has 0 unspecified atom stereocenters. The molecule has 2 aromatic carbocycles. The van der Waals surface area contributed by atoms with Gasteiger partial charge in [0.25, 0.3) is 5.69 Å². The Labute approximate surface area is 178 Å². The molecule has 31 heavy (non-hydrogen) atoms. The van der Waals surface area contributed by atoms with Gasteiger partial charge in [-0.3, -0.25) is 14.9 Å². The number of nitro groups is 1. The van der Waals surface area contributed by atoms with Crippen molar-refractivity contribution in [3.63, 3.8) is 0 Å². The normalized spacial score (nSPS) is 11.5. The maximum atomic E-state index is 12.7. The molecule has 0 spiro atoms. The van der Waals surface area contributed by atoms with Gasteiger partial charge in [-0.25, -0.2) is 4.98 Å². The number of amides is 1. The molecule has 1 heterocycles. The highest BCUT2D eigenvalue weighted by Crippen LogP contribution is 2.34. The van der Waals surface area contributed by atoms with Crippen molar-refractivity contribution < 1.29 is 27.6 Å². The number of anilines is 1. The lowest BCUT2D eigenvalue weighted by Crippen LogP contribution is -2.31. The van der Waals surface area contributed by atoms with E-state index >= 15 is 0 Å². The van der Waals surface area contributed by atoms with Gasteiger partial charge in [0.2, 0.25) is 5.91 Å². The van der Waals surface area contributed by atoms with Crippen LogP contribution < -0.4 is 10.6 Å². The first kappa shape index (κ1) is 22.4. The molecule has 0 radical (unpaired) electrons. The number of hydrogen-bond acceptors (Lipinski definition) is 7. The van der Waals surface area contributed by atoms with Crippen molar-refractivity contribution >= 4 is 38.8 Å². The third-order valence-corrected chi connectivity index (χ3v) is 5.09. The highest BCUT2D eigenvalue weighted by Gasteiger charge is 2.33. The van der Waals surface area contributed by atoms with Gasteiger partial charge < -0.3 is 15.4 Å². The third kappa shape index (κ3) is 6.12. The number of benzene rings is 2. The maximum Gasteiger partial charge on any atom is 0.416 e. The molecule has 12 heteroatoms. The Kier molecular flexibility index (Phi) is 7.02. The zero-order valence-corrected chi connectivity index (χ0v) is 16.8. The summed E-state index contributed by atoms with van der Waals surface area (Å²) in [5.41, 5.74) is -1.01. The van der Waals surface area contributed by atoms with Crippen LogP contribution in [0.4, 0.5) is 24.5 Å². The van der Waals surface area contributed by atoms with Crippen LogP contribution in [-0.2, 0) is 22.3 Å². The summed E-state index contributed by atoms with van der Waals surface area (Å²) in [6.45, 7) is 0.163. The fourth-order valence-electron chi connectivity index (χ4n) is 2.67. The number of aromatic nitrogens is 1. The molecular weight excluding hydrogens is 437 g/mol. The van der Waals surface area contributed by atoms with Crippen LogP contribution in [0.3, 0.4) is 0 Å². The largest absolute Gasteiger partial charge is 0.416 e. The maximum absolute atomic E-state index is 12.7. The van der Waals surface area contributed by atoms with Crippen LogP contribution >= 0.6 is 11.3 Å². The summed E-state index contributed by atoms with van der Waals surface area (Å²) >= 11 is 1.47. The Morgan fingerprint density at radius 2 is 1.97 bits per heavy atom. The predicted molar refractivity (Wildman–Crippen MR) is 109 cm³/mol. The zero-order chi connectivity index (χ0) is 22.4. The van der Waals surface area contributed by atoms with E-state index in [0.29, 0.717) is 6.07 Å². The quantitative estimate of drug-likeness (QED) is 0.288. The van der Waals surface area contributed by atoms with Gasteiger partial charge >= 0.3 is 6.18 Å². The molecule has 8 nitrogen and oxygen atoms in total. The second kappa shape index (κ2) is 9.71. The first-order valence-corrected chi connectivity index (χ1v) is 9.84. The topological polar surface area (TPSA) is 106 Å². The van der Waals surface area contributed by atoms with E-state index in [9.17, 15) is 28.1 Å². The summed E-state index contributed by atoms with van der Waals surface area (Å²) in [4.78, 5) is 26.4. The van der Waals surface area contributed by atoms with Crippen molar-refractivity contribution in [2.75, 3.05) is 25.0 Å². The van der Waals surface area contributed by atoms with Crippen LogP contribution in [0, 0.1) is 10.1 Å². The standard InChI is InChI=1S/C19H17F3N4O4S/c20-19(21,22)12-5-6-13(15(9-12)26(28)29)23-7-8-24-17(27)10-30-11-18-25-14-3-1-2-4-16(14)31-18/h1-6,9,23H,7-8,10-11H2,(H,24,27). The van der Waals surface area contributed by atoms with Gasteiger partial charge in [0.15, 0.2) is 0 Å². The molecule has 0 atom stereocenters. The van der Waals surface area contributed by atoms with E-state index < -0.39 is 28.3 Å². The van der Waals surface area contributed by atoms with Crippen LogP contribution in [0.25, 0.3) is 10.2 Å². The molecule has 0 saturated carbocycles. The Hall–Kier alpha value is -3.25. The van der Waals surface area contributed by atoms with E-state index in [0.717, 1.165) is 27.4 Å². The molecular formula is C19H17F3N4O4S. The highest BCUT2D eigenvalue weighted by atomic mass is 32.1. The van der Waals surface area contributed by atoms with Gasteiger partial charge in [-0.1, -0.05) is 12.1 Å². The van der Waals surface area contributed by atoms with Crippen LogP contribution in [0.1, 0.15) is 10.6 Å². The number of nitrogens with one attached hydrogen (secondary N) is 2. The molecule has 164 valence electrons. The van der Waals surface area contributed by atoms with Crippen molar-refractivity contribution in [1.29, 1.82) is 0 Å². The first-order valence-electron chi connectivity index (χ1n) is 9.02. The van der Waals surface area contributed by atoms with Crippen LogP contribution in [0.2, 0.25) is 0 Å². The average Bonchev–Trinajstić information content (AvgIpc) is 3.13. The van der Waals surface area contributed by atoms with Crippen molar-refractivity contribution in [2.45, 2.75) is 12.8 Å². The number of alkyl halides is 3. The van der Waals surface area contributed by atoms with Crippen LogP contribution in [-0.4, -0.2) is 35.5 Å². The first-order chi connectivity index (χ1) is 14.7. The molecule has 0 aliphatic rings. The number of carbonyl (C=O) groups excluding carboxylic acids is 1. The summed E-state index contributed by atoms with van der Waals surface area (Å²) < 4.78 is 44.5. The van der Waals surface area contributed by atoms with Crippen molar-refractivity contribution in [3.05, 3.63) is 63.1 Å². The summed E-state index contributed by atoms with van der Waals surface area (Å²) in [6.07, 6.45) is -4.68. The van der Waals surface area contributed by atoms with Gasteiger partial charge in [0, 0.05) is 19.2 Å². The summed E-state index contributed by atoms with van der Waals surface area (Å²) in [7, 11) is 0. The van der Waals surface area contributed by atoms with Crippen molar-refractivity contribution in [2.24, 2.45) is 0 Å². The van der Waals surface area contributed by atoms with E-state index in [1.165, 1.54) is 11.3 Å². The Morgan fingerprint density at radius 3 is 2.68 bits per heavy atom. The number of nitro benzene ring substituents is 1. The minimum absolute atomic E-state index is 0.0701. The molecule has 1 aromatic heterocycles. The molecule has 2 N–H and O–H groups in total. The molecule has 0 fully saturated rings. The monoisotopic (exact) mass is 454 g/mol. The zero-order valence-electron chi connectivity index (χ0n) is 15.9. The second-order valence-electron chi connectivity index (χ2n) is 6.33. The molecule has 0 saturated heterocycles. The summed E-state index contributed by atoms with van der Waals surface area (Å²) in [5, 5.41) is 17.0. The van der Waals surface area contributed by atoms with Crippen molar-refractivity contribution in [3.8, 4) is 0 Å².